The summed E-state index contributed by atoms with van der Waals surface area (Å²) in [4.78, 5) is 16.6. The van der Waals surface area contributed by atoms with E-state index in [0.29, 0.717) is 17.8 Å². The van der Waals surface area contributed by atoms with E-state index in [1.165, 1.54) is 6.07 Å². The van der Waals surface area contributed by atoms with Crippen molar-refractivity contribution in [2.75, 3.05) is 11.9 Å². The van der Waals surface area contributed by atoms with Gasteiger partial charge in [0.2, 0.25) is 0 Å². The molecular weight excluding hydrogens is 270 g/mol. The Bertz CT molecular complexity index is 629. The van der Waals surface area contributed by atoms with E-state index in [0.717, 1.165) is 5.56 Å². The Kier molecular flexibility index (Phi) is 4.49. The van der Waals surface area contributed by atoms with E-state index < -0.39 is 11.0 Å². The van der Waals surface area contributed by atoms with Gasteiger partial charge in [-0.25, -0.2) is 0 Å². The Morgan fingerprint density at radius 2 is 2.00 bits per heavy atom. The molecule has 0 bridgehead atoms. The van der Waals surface area contributed by atoms with Crippen LogP contribution >= 0.6 is 0 Å². The molecule has 1 aromatic heterocycles. The molecule has 2 rings (SSSR count). The van der Waals surface area contributed by atoms with Crippen LogP contribution < -0.4 is 4.90 Å². The molecule has 6 nitrogen and oxygen atoms in total. The molecule has 0 saturated carbocycles. The summed E-state index contributed by atoms with van der Waals surface area (Å²) in [7, 11) is 1.80. The van der Waals surface area contributed by atoms with Crippen LogP contribution in [-0.2, 0) is 6.54 Å². The average molecular weight is 287 g/mol. The maximum Gasteiger partial charge on any atom is 0.292 e. The van der Waals surface area contributed by atoms with Crippen molar-refractivity contribution in [1.29, 1.82) is 0 Å². The van der Waals surface area contributed by atoms with E-state index in [4.69, 9.17) is 0 Å². The second kappa shape index (κ2) is 6.32. The minimum atomic E-state index is -0.733. The highest BCUT2D eigenvalue weighted by Crippen LogP contribution is 2.31. The molecule has 0 aliphatic rings. The maximum atomic E-state index is 11.2. The molecule has 0 amide bonds. The molecule has 0 aliphatic heterocycles. The summed E-state index contributed by atoms with van der Waals surface area (Å²) in [6, 6.07) is 8.53. The fourth-order valence-corrected chi connectivity index (χ4v) is 2.12. The molecule has 21 heavy (non-hydrogen) atoms. The number of nitro groups is 1. The molecule has 0 saturated heterocycles. The molecule has 1 aromatic carbocycles. The Hall–Kier alpha value is -2.47. The number of benzene rings is 1. The van der Waals surface area contributed by atoms with Gasteiger partial charge in [-0.1, -0.05) is 6.07 Å². The first-order valence-corrected chi connectivity index (χ1v) is 6.55. The monoisotopic (exact) mass is 287 g/mol. The fourth-order valence-electron chi connectivity index (χ4n) is 2.12. The fraction of sp³-hybridized carbons (Fsp3) is 0.267. The molecule has 0 unspecified atom stereocenters. The van der Waals surface area contributed by atoms with Crippen LogP contribution in [0.2, 0.25) is 0 Å². The molecule has 6 heteroatoms. The third-order valence-electron chi connectivity index (χ3n) is 3.26. The normalized spacial score (nSPS) is 12.0. The molecule has 0 radical (unpaired) electrons. The lowest BCUT2D eigenvalue weighted by Gasteiger charge is -2.20. The highest BCUT2D eigenvalue weighted by molar-refractivity contribution is 5.64. The standard InChI is InChI=1S/C15H17N3O3/c1-11(19)13-3-4-14(15(9-13)18(20)21)17(2)10-12-5-7-16-8-6-12/h3-9,11,19H,10H2,1-2H3/t11-/m0/s1. The van der Waals surface area contributed by atoms with E-state index in [9.17, 15) is 15.2 Å². The lowest BCUT2D eigenvalue weighted by atomic mass is 10.1. The average Bonchev–Trinajstić information content (AvgIpc) is 2.47. The van der Waals surface area contributed by atoms with Crippen LogP contribution in [0.5, 0.6) is 0 Å². The van der Waals surface area contributed by atoms with Gasteiger partial charge in [0, 0.05) is 32.1 Å². The van der Waals surface area contributed by atoms with E-state index >= 15 is 0 Å². The molecule has 0 aliphatic carbocycles. The van der Waals surface area contributed by atoms with Gasteiger partial charge >= 0.3 is 0 Å². The van der Waals surface area contributed by atoms with Crippen molar-refractivity contribution in [1.82, 2.24) is 4.98 Å². The number of hydrogen-bond acceptors (Lipinski definition) is 5. The molecule has 110 valence electrons. The van der Waals surface area contributed by atoms with Crippen molar-refractivity contribution in [2.45, 2.75) is 19.6 Å². The number of rotatable bonds is 5. The van der Waals surface area contributed by atoms with Crippen LogP contribution in [0, 0.1) is 10.1 Å². The topological polar surface area (TPSA) is 79.5 Å². The SMILES string of the molecule is C[C@H](O)c1ccc(N(C)Cc2ccncc2)c([N+](=O)[O-])c1. The summed E-state index contributed by atoms with van der Waals surface area (Å²) in [5.41, 5.74) is 2.05. The maximum absolute atomic E-state index is 11.2. The zero-order valence-corrected chi connectivity index (χ0v) is 11.9. The third-order valence-corrected chi connectivity index (χ3v) is 3.26. The molecule has 1 N–H and O–H groups in total. The Morgan fingerprint density at radius 3 is 2.57 bits per heavy atom. The number of pyridine rings is 1. The molecule has 1 atom stereocenters. The minimum absolute atomic E-state index is 0.00930. The molecule has 1 heterocycles. The van der Waals surface area contributed by atoms with Crippen LogP contribution in [0.1, 0.15) is 24.2 Å². The van der Waals surface area contributed by atoms with Crippen LogP contribution in [0.15, 0.2) is 42.7 Å². The summed E-state index contributed by atoms with van der Waals surface area (Å²) in [5, 5.41) is 20.8. The van der Waals surface area contributed by atoms with Gasteiger partial charge in [-0.15, -0.1) is 0 Å². The van der Waals surface area contributed by atoms with Gasteiger partial charge in [-0.05, 0) is 36.2 Å². The van der Waals surface area contributed by atoms with Gasteiger partial charge in [-0.2, -0.15) is 0 Å². The molecule has 0 fully saturated rings. The highest BCUT2D eigenvalue weighted by atomic mass is 16.6. The first-order valence-electron chi connectivity index (χ1n) is 6.55. The van der Waals surface area contributed by atoms with Gasteiger partial charge in [0.05, 0.1) is 11.0 Å². The second-order valence-electron chi connectivity index (χ2n) is 4.89. The summed E-state index contributed by atoms with van der Waals surface area (Å²) in [6.45, 7) is 2.12. The van der Waals surface area contributed by atoms with Gasteiger partial charge in [0.15, 0.2) is 0 Å². The zero-order valence-electron chi connectivity index (χ0n) is 11.9. The zero-order chi connectivity index (χ0) is 15.4. The Morgan fingerprint density at radius 1 is 1.33 bits per heavy atom. The van der Waals surface area contributed by atoms with Crippen molar-refractivity contribution in [3.8, 4) is 0 Å². The van der Waals surface area contributed by atoms with Crippen molar-refractivity contribution in [2.24, 2.45) is 0 Å². The van der Waals surface area contributed by atoms with Crippen LogP contribution in [0.4, 0.5) is 11.4 Å². The summed E-state index contributed by atoms with van der Waals surface area (Å²) in [6.07, 6.45) is 2.64. The highest BCUT2D eigenvalue weighted by Gasteiger charge is 2.19. The van der Waals surface area contributed by atoms with Crippen molar-refractivity contribution in [3.05, 3.63) is 64.0 Å². The predicted molar refractivity (Wildman–Crippen MR) is 80.1 cm³/mol. The van der Waals surface area contributed by atoms with E-state index in [-0.39, 0.29) is 5.69 Å². The van der Waals surface area contributed by atoms with E-state index in [1.807, 2.05) is 12.1 Å². The number of aliphatic hydroxyl groups is 1. The number of hydrogen-bond donors (Lipinski definition) is 1. The summed E-state index contributed by atoms with van der Waals surface area (Å²) in [5.74, 6) is 0. The summed E-state index contributed by atoms with van der Waals surface area (Å²) < 4.78 is 0. The van der Waals surface area contributed by atoms with E-state index in [1.54, 1.807) is 43.4 Å². The molecule has 0 spiro atoms. The third kappa shape index (κ3) is 3.55. The number of nitrogens with zero attached hydrogens (tertiary/aromatic N) is 3. The largest absolute Gasteiger partial charge is 0.389 e. The van der Waals surface area contributed by atoms with Crippen molar-refractivity contribution < 1.29 is 10.0 Å². The van der Waals surface area contributed by atoms with Gasteiger partial charge in [-0.3, -0.25) is 15.1 Å². The van der Waals surface area contributed by atoms with E-state index in [2.05, 4.69) is 4.98 Å². The first kappa shape index (κ1) is 14.9. The van der Waals surface area contributed by atoms with Crippen LogP contribution in [0.3, 0.4) is 0 Å². The van der Waals surface area contributed by atoms with Crippen molar-refractivity contribution >= 4 is 11.4 Å². The second-order valence-corrected chi connectivity index (χ2v) is 4.89. The van der Waals surface area contributed by atoms with Gasteiger partial charge in [0.25, 0.3) is 5.69 Å². The Balaban J connectivity index is 2.32. The summed E-state index contributed by atoms with van der Waals surface area (Å²) >= 11 is 0. The lowest BCUT2D eigenvalue weighted by molar-refractivity contribution is -0.384. The van der Waals surface area contributed by atoms with Crippen molar-refractivity contribution in [3.63, 3.8) is 0 Å². The lowest BCUT2D eigenvalue weighted by Crippen LogP contribution is -2.18. The van der Waals surface area contributed by atoms with Gasteiger partial charge in [0.1, 0.15) is 5.69 Å². The quantitative estimate of drug-likeness (QED) is 0.675. The van der Waals surface area contributed by atoms with Gasteiger partial charge < -0.3 is 10.0 Å². The minimum Gasteiger partial charge on any atom is -0.389 e. The Labute approximate surface area is 122 Å². The number of nitro benzene ring substituents is 1. The molecule has 2 aromatic rings. The number of aliphatic hydroxyl groups excluding tert-OH is 1. The first-order chi connectivity index (χ1) is 9.99. The van der Waals surface area contributed by atoms with Crippen LogP contribution in [-0.4, -0.2) is 22.1 Å². The number of anilines is 1. The van der Waals surface area contributed by atoms with Crippen LogP contribution in [0.25, 0.3) is 0 Å². The molecular formula is C15H17N3O3. The predicted octanol–water partition coefficient (Wildman–Crippen LogP) is 2.68. The smallest absolute Gasteiger partial charge is 0.292 e. The number of aromatic nitrogens is 1.